The number of nitrogens with one attached hydrogen (secondary N) is 2. The molecule has 0 spiro atoms. The molecule has 0 bridgehead atoms. The first-order valence-corrected chi connectivity index (χ1v) is 14.1. The summed E-state index contributed by atoms with van der Waals surface area (Å²) in [7, 11) is -3.54. The van der Waals surface area contributed by atoms with E-state index < -0.39 is 40.0 Å². The lowest BCUT2D eigenvalue weighted by atomic mass is 9.80. The number of sulfonamides is 1. The minimum atomic E-state index is -4.10. The first-order valence-electron chi connectivity index (χ1n) is 12.7. The Labute approximate surface area is 231 Å². The van der Waals surface area contributed by atoms with Gasteiger partial charge < -0.3 is 28.8 Å². The van der Waals surface area contributed by atoms with E-state index in [1.54, 1.807) is 45.0 Å². The molecule has 3 rings (SSSR count). The molecule has 1 saturated heterocycles. The molecule has 1 amide bonds. The number of carbonyl (C=O) groups excluding carboxylic acids is 1. The van der Waals surface area contributed by atoms with Crippen LogP contribution in [0.4, 0.5) is 10.5 Å². The van der Waals surface area contributed by atoms with E-state index in [4.69, 9.17) is 23.5 Å². The van der Waals surface area contributed by atoms with Gasteiger partial charge in [0.05, 0.1) is 30.6 Å². The lowest BCUT2D eigenvalue weighted by molar-refractivity contribution is 0.00578. The Balaban J connectivity index is 1.66. The van der Waals surface area contributed by atoms with Gasteiger partial charge in [-0.05, 0) is 73.1 Å². The molecule has 0 radical (unpaired) electrons. The molecule has 1 aliphatic heterocycles. The molecule has 0 atom stereocenters. The van der Waals surface area contributed by atoms with Gasteiger partial charge >= 0.3 is 13.2 Å². The normalized spacial score (nSPS) is 16.5. The maximum atomic E-state index is 13.4. The Morgan fingerprint density at radius 2 is 1.77 bits per heavy atom. The molecule has 0 aliphatic carbocycles. The Kier molecular flexibility index (Phi) is 9.08. The number of nitrogens with zero attached hydrogens (tertiary/aromatic N) is 1. The van der Waals surface area contributed by atoms with E-state index in [1.807, 2.05) is 27.7 Å². The Hall–Kier alpha value is -3.03. The van der Waals surface area contributed by atoms with Gasteiger partial charge in [0.25, 0.3) is 10.0 Å². The van der Waals surface area contributed by atoms with Crippen LogP contribution in [0.25, 0.3) is 0 Å². The van der Waals surface area contributed by atoms with E-state index in [1.165, 1.54) is 19.4 Å². The van der Waals surface area contributed by atoms with Crippen LogP contribution in [0, 0.1) is 0 Å². The van der Waals surface area contributed by atoms with Gasteiger partial charge in [-0.3, -0.25) is 4.72 Å². The molecular formula is C26H38BN3O8S. The highest BCUT2D eigenvalue weighted by molar-refractivity contribution is 7.92. The summed E-state index contributed by atoms with van der Waals surface area (Å²) in [5, 5.41) is 2.66. The second-order valence-electron chi connectivity index (χ2n) is 11.1. The molecule has 0 saturated carbocycles. The Bertz CT molecular complexity index is 1260. The van der Waals surface area contributed by atoms with Crippen LogP contribution >= 0.6 is 0 Å². The fraction of sp³-hybridized carbons (Fsp3) is 0.538. The van der Waals surface area contributed by atoms with Crippen molar-refractivity contribution in [1.82, 2.24) is 10.3 Å². The van der Waals surface area contributed by atoms with Crippen LogP contribution in [0.15, 0.2) is 41.4 Å². The van der Waals surface area contributed by atoms with Crippen molar-refractivity contribution in [3.63, 3.8) is 0 Å². The molecule has 214 valence electrons. The maximum Gasteiger partial charge on any atom is 0.496 e. The largest absolute Gasteiger partial charge is 0.496 e. The van der Waals surface area contributed by atoms with Crippen molar-refractivity contribution in [3.8, 4) is 11.6 Å². The molecule has 13 heteroatoms. The van der Waals surface area contributed by atoms with Crippen molar-refractivity contribution in [3.05, 3.63) is 36.5 Å². The lowest BCUT2D eigenvalue weighted by Crippen LogP contribution is -2.41. The third kappa shape index (κ3) is 7.99. The molecule has 2 aromatic rings. The number of methoxy groups -OCH3 is 1. The summed E-state index contributed by atoms with van der Waals surface area (Å²) in [6, 6.07) is 7.99. The number of rotatable bonds is 10. The minimum absolute atomic E-state index is 0.0624. The summed E-state index contributed by atoms with van der Waals surface area (Å²) < 4.78 is 57.5. The number of amides is 1. The SMILES string of the molecule is COc1ncc(B2OC(C)(C)C(C)(C)O2)cc1S(=O)(=O)Nc1cccc(OCCCNC(=O)OC(C)(C)C)c1. The van der Waals surface area contributed by atoms with Gasteiger partial charge in [-0.2, -0.15) is 0 Å². The number of hydrogen-bond donors (Lipinski definition) is 2. The summed E-state index contributed by atoms with van der Waals surface area (Å²) in [5.41, 5.74) is -1.02. The number of carbonyl (C=O) groups is 1. The second kappa shape index (κ2) is 11.6. The lowest BCUT2D eigenvalue weighted by Gasteiger charge is -2.32. The summed E-state index contributed by atoms with van der Waals surface area (Å²) in [6.45, 7) is 13.7. The first kappa shape index (κ1) is 30.5. The average Bonchev–Trinajstić information content (AvgIpc) is 3.04. The highest BCUT2D eigenvalue weighted by Crippen LogP contribution is 2.37. The smallest absolute Gasteiger partial charge is 0.493 e. The molecule has 1 aromatic heterocycles. The van der Waals surface area contributed by atoms with E-state index >= 15 is 0 Å². The molecule has 1 fully saturated rings. The number of benzene rings is 1. The third-order valence-electron chi connectivity index (χ3n) is 6.19. The van der Waals surface area contributed by atoms with Crippen LogP contribution in [-0.2, 0) is 24.1 Å². The van der Waals surface area contributed by atoms with Crippen LogP contribution in [0.5, 0.6) is 11.6 Å². The van der Waals surface area contributed by atoms with Gasteiger partial charge in [-0.25, -0.2) is 18.2 Å². The molecule has 1 aromatic carbocycles. The Morgan fingerprint density at radius 1 is 1.10 bits per heavy atom. The van der Waals surface area contributed by atoms with Crippen molar-refractivity contribution in [1.29, 1.82) is 0 Å². The van der Waals surface area contributed by atoms with Gasteiger partial charge in [0, 0.05) is 24.3 Å². The quantitative estimate of drug-likeness (QED) is 0.329. The molecule has 11 nitrogen and oxygen atoms in total. The zero-order valence-corrected chi connectivity index (χ0v) is 24.6. The van der Waals surface area contributed by atoms with Crippen LogP contribution in [0.2, 0.25) is 0 Å². The van der Waals surface area contributed by atoms with E-state index in [-0.39, 0.29) is 10.8 Å². The summed E-state index contributed by atoms with van der Waals surface area (Å²) in [5.74, 6) is 0.399. The Morgan fingerprint density at radius 3 is 2.38 bits per heavy atom. The highest BCUT2D eigenvalue weighted by Gasteiger charge is 2.52. The fourth-order valence-electron chi connectivity index (χ4n) is 3.53. The zero-order valence-electron chi connectivity index (χ0n) is 23.8. The fourth-order valence-corrected chi connectivity index (χ4v) is 4.73. The number of hydrogen-bond acceptors (Lipinski definition) is 9. The molecule has 0 unspecified atom stereocenters. The predicted molar refractivity (Wildman–Crippen MR) is 148 cm³/mol. The third-order valence-corrected chi connectivity index (χ3v) is 7.57. The van der Waals surface area contributed by atoms with Crippen LogP contribution in [0.1, 0.15) is 54.9 Å². The van der Waals surface area contributed by atoms with Crippen molar-refractivity contribution in [2.75, 3.05) is 25.0 Å². The van der Waals surface area contributed by atoms with Crippen molar-refractivity contribution in [2.45, 2.75) is 76.6 Å². The van der Waals surface area contributed by atoms with Crippen LogP contribution in [-0.4, -0.2) is 63.7 Å². The number of alkyl carbamates (subject to hydrolysis) is 1. The van der Waals surface area contributed by atoms with Crippen LogP contribution in [0.3, 0.4) is 0 Å². The van der Waals surface area contributed by atoms with Gasteiger partial charge in [0.1, 0.15) is 16.2 Å². The van der Waals surface area contributed by atoms with Crippen molar-refractivity contribution >= 4 is 34.4 Å². The van der Waals surface area contributed by atoms with Crippen molar-refractivity contribution < 1.29 is 36.7 Å². The van der Waals surface area contributed by atoms with Gasteiger partial charge in [0.2, 0.25) is 5.88 Å². The summed E-state index contributed by atoms with van der Waals surface area (Å²) in [4.78, 5) is 15.7. The molecule has 2 N–H and O–H groups in total. The van der Waals surface area contributed by atoms with Crippen molar-refractivity contribution in [2.24, 2.45) is 0 Å². The molecular weight excluding hydrogens is 525 g/mol. The van der Waals surface area contributed by atoms with Gasteiger partial charge in [-0.1, -0.05) is 6.07 Å². The minimum Gasteiger partial charge on any atom is -0.493 e. The standard InChI is InChI=1S/C26H38BN3O8S/c1-24(2,3)36-23(31)28-13-10-14-35-20-12-9-11-19(16-20)30-39(32,33)21-15-18(17-29-22(21)34-8)27-37-25(4,5)26(6,7)38-27/h9,11-12,15-17,30H,10,13-14H2,1-8H3,(H,28,31). The number of pyridine rings is 1. The van der Waals surface area contributed by atoms with Crippen LogP contribution < -0.4 is 25.0 Å². The first-order chi connectivity index (χ1) is 18.0. The van der Waals surface area contributed by atoms with E-state index in [0.29, 0.717) is 36.5 Å². The number of aromatic nitrogens is 1. The number of ether oxygens (including phenoxy) is 3. The molecule has 39 heavy (non-hydrogen) atoms. The van der Waals surface area contributed by atoms with Gasteiger partial charge in [-0.15, -0.1) is 0 Å². The van der Waals surface area contributed by atoms with E-state index in [0.717, 1.165) is 0 Å². The monoisotopic (exact) mass is 563 g/mol. The summed E-state index contributed by atoms with van der Waals surface area (Å²) in [6.07, 6.45) is 1.52. The second-order valence-corrected chi connectivity index (χ2v) is 12.8. The topological polar surface area (TPSA) is 134 Å². The number of anilines is 1. The summed E-state index contributed by atoms with van der Waals surface area (Å²) >= 11 is 0. The van der Waals surface area contributed by atoms with E-state index in [2.05, 4.69) is 15.0 Å². The molecule has 1 aliphatic rings. The molecule has 2 heterocycles. The highest BCUT2D eigenvalue weighted by atomic mass is 32.2. The maximum absolute atomic E-state index is 13.4. The van der Waals surface area contributed by atoms with E-state index in [9.17, 15) is 13.2 Å². The average molecular weight is 563 g/mol. The van der Waals surface area contributed by atoms with Gasteiger partial charge in [0.15, 0.2) is 0 Å². The predicted octanol–water partition coefficient (Wildman–Crippen LogP) is 3.48. The zero-order chi connectivity index (χ0) is 29.1.